The molecule has 0 heterocycles. The molecule has 0 saturated carbocycles. The molecule has 1 rings (SSSR count). The SMILES string of the molecule is CC.CCCCCC.Cc1ccc(N)cc1. The highest BCUT2D eigenvalue weighted by atomic mass is 14.5. The van der Waals surface area contributed by atoms with Crippen LogP contribution in [0.5, 0.6) is 0 Å². The van der Waals surface area contributed by atoms with Crippen molar-refractivity contribution in [2.45, 2.75) is 60.3 Å². The van der Waals surface area contributed by atoms with E-state index in [0.717, 1.165) is 5.69 Å². The van der Waals surface area contributed by atoms with E-state index in [1.165, 1.54) is 31.2 Å². The highest BCUT2D eigenvalue weighted by molar-refractivity contribution is 5.38. The molecule has 0 aromatic heterocycles. The van der Waals surface area contributed by atoms with Crippen LogP contribution in [0.3, 0.4) is 0 Å². The summed E-state index contributed by atoms with van der Waals surface area (Å²) in [4.78, 5) is 0. The Morgan fingerprint density at radius 3 is 1.50 bits per heavy atom. The maximum atomic E-state index is 5.43. The summed E-state index contributed by atoms with van der Waals surface area (Å²) in [6.07, 6.45) is 5.54. The van der Waals surface area contributed by atoms with Crippen molar-refractivity contribution in [3.63, 3.8) is 0 Å². The number of nitrogens with two attached hydrogens (primary N) is 1. The zero-order chi connectivity index (χ0) is 12.8. The molecule has 0 radical (unpaired) electrons. The fourth-order valence-corrected chi connectivity index (χ4v) is 1.07. The van der Waals surface area contributed by atoms with Crippen LogP contribution < -0.4 is 5.73 Å². The summed E-state index contributed by atoms with van der Waals surface area (Å²) in [7, 11) is 0. The average Bonchev–Trinajstić information content (AvgIpc) is 2.34. The Balaban J connectivity index is 0. The first-order valence-corrected chi connectivity index (χ1v) is 6.52. The molecule has 1 aromatic carbocycles. The normalized spacial score (nSPS) is 8.31. The molecule has 0 aliphatic rings. The van der Waals surface area contributed by atoms with Gasteiger partial charge in [-0.3, -0.25) is 0 Å². The number of anilines is 1. The quantitative estimate of drug-likeness (QED) is 0.554. The van der Waals surface area contributed by atoms with E-state index in [1.807, 2.05) is 45.0 Å². The molecule has 0 amide bonds. The number of aryl methyl sites for hydroxylation is 1. The Morgan fingerprint density at radius 2 is 1.25 bits per heavy atom. The molecule has 0 fully saturated rings. The van der Waals surface area contributed by atoms with Gasteiger partial charge in [0, 0.05) is 5.69 Å². The molecule has 0 bridgehead atoms. The Hall–Kier alpha value is -0.980. The zero-order valence-corrected chi connectivity index (χ0v) is 11.7. The standard InChI is InChI=1S/C7H9N.C6H14.C2H6/c1-6-2-4-7(8)5-3-6;1-3-5-6-4-2;1-2/h2-5H,8H2,1H3;3-6H2,1-2H3;1-2H3. The van der Waals surface area contributed by atoms with Gasteiger partial charge < -0.3 is 5.73 Å². The van der Waals surface area contributed by atoms with Gasteiger partial charge in [0.05, 0.1) is 0 Å². The summed E-state index contributed by atoms with van der Waals surface area (Å²) in [6, 6.07) is 7.79. The third-order valence-electron chi connectivity index (χ3n) is 2.03. The molecule has 1 nitrogen and oxygen atoms in total. The molecule has 1 aromatic rings. The molecule has 0 atom stereocenters. The molecule has 16 heavy (non-hydrogen) atoms. The third kappa shape index (κ3) is 13.0. The van der Waals surface area contributed by atoms with Gasteiger partial charge in [-0.1, -0.05) is 71.1 Å². The molecule has 0 unspecified atom stereocenters. The maximum Gasteiger partial charge on any atom is 0.0314 e. The first-order chi connectivity index (χ1) is 7.70. The summed E-state index contributed by atoms with van der Waals surface area (Å²) in [6.45, 7) is 10.5. The van der Waals surface area contributed by atoms with Crippen LogP contribution in [0.4, 0.5) is 5.69 Å². The molecule has 0 spiro atoms. The van der Waals surface area contributed by atoms with Crippen molar-refractivity contribution in [3.05, 3.63) is 29.8 Å². The predicted molar refractivity (Wildman–Crippen MR) is 76.8 cm³/mol. The van der Waals surface area contributed by atoms with Crippen molar-refractivity contribution in [1.29, 1.82) is 0 Å². The number of rotatable bonds is 3. The van der Waals surface area contributed by atoms with E-state index >= 15 is 0 Å². The molecule has 0 aliphatic carbocycles. The van der Waals surface area contributed by atoms with Crippen molar-refractivity contribution in [2.24, 2.45) is 0 Å². The van der Waals surface area contributed by atoms with Crippen LogP contribution in [0.15, 0.2) is 24.3 Å². The largest absolute Gasteiger partial charge is 0.399 e. The Morgan fingerprint density at radius 1 is 0.875 bits per heavy atom. The summed E-state index contributed by atoms with van der Waals surface area (Å²) in [5.74, 6) is 0. The molecule has 2 N–H and O–H groups in total. The van der Waals surface area contributed by atoms with E-state index in [-0.39, 0.29) is 0 Å². The number of benzene rings is 1. The lowest BCUT2D eigenvalue weighted by atomic mass is 10.2. The highest BCUT2D eigenvalue weighted by Gasteiger charge is 1.80. The summed E-state index contributed by atoms with van der Waals surface area (Å²) < 4.78 is 0. The van der Waals surface area contributed by atoms with Crippen LogP contribution in [-0.2, 0) is 0 Å². The molecular formula is C15H29N. The lowest BCUT2D eigenvalue weighted by Gasteiger charge is -1.90. The van der Waals surface area contributed by atoms with Crippen LogP contribution in [0.1, 0.15) is 58.9 Å². The van der Waals surface area contributed by atoms with Crippen LogP contribution in [0.2, 0.25) is 0 Å². The average molecular weight is 223 g/mol. The lowest BCUT2D eigenvalue weighted by molar-refractivity contribution is 0.702. The number of unbranched alkanes of at least 4 members (excludes halogenated alkanes) is 3. The van der Waals surface area contributed by atoms with E-state index in [2.05, 4.69) is 13.8 Å². The van der Waals surface area contributed by atoms with Gasteiger partial charge in [0.15, 0.2) is 0 Å². The van der Waals surface area contributed by atoms with E-state index in [4.69, 9.17) is 5.73 Å². The molecule has 94 valence electrons. The Kier molecular flexibility index (Phi) is 15.3. The summed E-state index contributed by atoms with van der Waals surface area (Å²) >= 11 is 0. The van der Waals surface area contributed by atoms with Crippen molar-refractivity contribution in [3.8, 4) is 0 Å². The van der Waals surface area contributed by atoms with Crippen molar-refractivity contribution >= 4 is 5.69 Å². The van der Waals surface area contributed by atoms with Gasteiger partial charge in [-0.05, 0) is 19.1 Å². The topological polar surface area (TPSA) is 26.0 Å². The Labute approximate surface area is 102 Å². The van der Waals surface area contributed by atoms with Crippen LogP contribution in [0.25, 0.3) is 0 Å². The second kappa shape index (κ2) is 14.0. The number of nitrogen functional groups attached to an aromatic ring is 1. The fourth-order valence-electron chi connectivity index (χ4n) is 1.07. The summed E-state index contributed by atoms with van der Waals surface area (Å²) in [5, 5.41) is 0. The maximum absolute atomic E-state index is 5.43. The first-order valence-electron chi connectivity index (χ1n) is 6.52. The predicted octanol–water partition coefficient (Wildman–Crippen LogP) is 5.19. The second-order valence-electron chi connectivity index (χ2n) is 3.62. The van der Waals surface area contributed by atoms with Crippen LogP contribution in [-0.4, -0.2) is 0 Å². The fraction of sp³-hybridized carbons (Fsp3) is 0.600. The van der Waals surface area contributed by atoms with E-state index in [0.29, 0.717) is 0 Å². The molecule has 0 saturated heterocycles. The van der Waals surface area contributed by atoms with Crippen LogP contribution >= 0.6 is 0 Å². The van der Waals surface area contributed by atoms with Crippen LogP contribution in [0, 0.1) is 6.92 Å². The monoisotopic (exact) mass is 223 g/mol. The van der Waals surface area contributed by atoms with Gasteiger partial charge >= 0.3 is 0 Å². The zero-order valence-electron chi connectivity index (χ0n) is 11.7. The first kappa shape index (κ1) is 17.4. The molecular weight excluding hydrogens is 194 g/mol. The van der Waals surface area contributed by atoms with Gasteiger partial charge in [-0.15, -0.1) is 0 Å². The minimum Gasteiger partial charge on any atom is -0.399 e. The van der Waals surface area contributed by atoms with Gasteiger partial charge in [0.25, 0.3) is 0 Å². The van der Waals surface area contributed by atoms with E-state index in [9.17, 15) is 0 Å². The van der Waals surface area contributed by atoms with Gasteiger partial charge in [0.1, 0.15) is 0 Å². The second-order valence-corrected chi connectivity index (χ2v) is 3.62. The van der Waals surface area contributed by atoms with Gasteiger partial charge in [-0.2, -0.15) is 0 Å². The highest BCUT2D eigenvalue weighted by Crippen LogP contribution is 2.02. The van der Waals surface area contributed by atoms with E-state index in [1.54, 1.807) is 0 Å². The molecule has 1 heteroatoms. The lowest BCUT2D eigenvalue weighted by Crippen LogP contribution is -1.81. The van der Waals surface area contributed by atoms with Crippen molar-refractivity contribution in [2.75, 3.05) is 5.73 Å². The minimum absolute atomic E-state index is 0.829. The van der Waals surface area contributed by atoms with E-state index < -0.39 is 0 Å². The molecule has 0 aliphatic heterocycles. The number of hydrogen-bond acceptors (Lipinski definition) is 1. The number of hydrogen-bond donors (Lipinski definition) is 1. The summed E-state index contributed by atoms with van der Waals surface area (Å²) in [5.41, 5.74) is 7.51. The third-order valence-corrected chi connectivity index (χ3v) is 2.03. The van der Waals surface area contributed by atoms with Crippen molar-refractivity contribution in [1.82, 2.24) is 0 Å². The minimum atomic E-state index is 0.829. The smallest absolute Gasteiger partial charge is 0.0314 e. The van der Waals surface area contributed by atoms with Crippen molar-refractivity contribution < 1.29 is 0 Å². The Bertz CT molecular complexity index is 188. The van der Waals surface area contributed by atoms with Gasteiger partial charge in [0.2, 0.25) is 0 Å². The van der Waals surface area contributed by atoms with Gasteiger partial charge in [-0.25, -0.2) is 0 Å².